The number of rotatable bonds is 3. The minimum atomic E-state index is -4.75. The summed E-state index contributed by atoms with van der Waals surface area (Å²) < 4.78 is 42.1. The van der Waals surface area contributed by atoms with Crippen molar-refractivity contribution in [3.8, 4) is 0 Å². The molecule has 2 aliphatic rings. The molecule has 4 heterocycles. The number of halogens is 3. The van der Waals surface area contributed by atoms with E-state index in [-0.39, 0.29) is 24.0 Å². The second-order valence-corrected chi connectivity index (χ2v) is 10.0. The first kappa shape index (κ1) is 22.1. The summed E-state index contributed by atoms with van der Waals surface area (Å²) in [7, 11) is 0. The Labute approximate surface area is 196 Å². The molecular formula is C23H20F3N3O2S2. The molecule has 5 nitrogen and oxygen atoms in total. The van der Waals surface area contributed by atoms with Gasteiger partial charge in [0.05, 0.1) is 30.4 Å². The van der Waals surface area contributed by atoms with Crippen LogP contribution in [0.5, 0.6) is 0 Å². The molecule has 10 heteroatoms. The number of nitrogens with one attached hydrogen (secondary N) is 1. The first-order chi connectivity index (χ1) is 15.8. The number of hydrogen-bond donors (Lipinski definition) is 1. The third-order valence-electron chi connectivity index (χ3n) is 5.99. The Balaban J connectivity index is 1.52. The molecule has 5 rings (SSSR count). The third kappa shape index (κ3) is 4.18. The van der Waals surface area contributed by atoms with Gasteiger partial charge in [-0.2, -0.15) is 13.2 Å². The highest BCUT2D eigenvalue weighted by Crippen LogP contribution is 2.41. The number of carbonyl (C=O) groups excluding carboxylic acids is 2. The summed E-state index contributed by atoms with van der Waals surface area (Å²) in [5.74, 6) is -1.45. The molecule has 2 aliphatic heterocycles. The number of amides is 2. The lowest BCUT2D eigenvalue weighted by molar-refractivity contribution is -0.158. The molecule has 0 spiro atoms. The predicted molar refractivity (Wildman–Crippen MR) is 123 cm³/mol. The fraction of sp³-hybridized carbons (Fsp3) is 0.304. The van der Waals surface area contributed by atoms with Crippen molar-refractivity contribution in [1.82, 2.24) is 4.90 Å². The van der Waals surface area contributed by atoms with Crippen LogP contribution in [0.1, 0.15) is 27.8 Å². The summed E-state index contributed by atoms with van der Waals surface area (Å²) >= 11 is 3.22. The Morgan fingerprint density at radius 2 is 1.91 bits per heavy atom. The molecule has 2 aromatic heterocycles. The lowest BCUT2D eigenvalue weighted by atomic mass is 9.98. The SMILES string of the molecule is O=C1C[C@@H](C(F)(F)F)N(C(=O)CN2CCc3sccc3[C@@H]2c2cccs2)c2ccccc2N1. The Hall–Kier alpha value is -2.69. The van der Waals surface area contributed by atoms with E-state index in [1.807, 2.05) is 33.9 Å². The predicted octanol–water partition coefficient (Wildman–Crippen LogP) is 5.06. The van der Waals surface area contributed by atoms with Crippen LogP contribution in [0.15, 0.2) is 53.2 Å². The molecule has 3 aromatic rings. The van der Waals surface area contributed by atoms with Crippen molar-refractivity contribution in [2.24, 2.45) is 0 Å². The van der Waals surface area contributed by atoms with Crippen LogP contribution in [0.25, 0.3) is 0 Å². The van der Waals surface area contributed by atoms with E-state index in [0.29, 0.717) is 6.54 Å². The molecule has 0 saturated carbocycles. The van der Waals surface area contributed by atoms with E-state index in [1.165, 1.54) is 17.0 Å². The average Bonchev–Trinajstić information content (AvgIpc) is 3.43. The molecule has 33 heavy (non-hydrogen) atoms. The number of thiophene rings is 2. The molecule has 0 fully saturated rings. The second-order valence-electron chi connectivity index (χ2n) is 8.03. The standard InChI is InChI=1S/C23H20F3N3O2S2/c24-23(25,26)19-12-20(30)27-15-4-1-2-5-16(15)29(19)21(31)13-28-9-7-17-14(8-11-33-17)22(28)18-6-3-10-32-18/h1-6,8,10-11,19,22H,7,9,12-13H2,(H,27,30)/t19-,22+/m0/s1. The summed E-state index contributed by atoms with van der Waals surface area (Å²) in [5, 5.41) is 6.48. The number of para-hydroxylation sites is 2. The van der Waals surface area contributed by atoms with Gasteiger partial charge in [0.2, 0.25) is 11.8 Å². The fourth-order valence-electron chi connectivity index (χ4n) is 4.56. The van der Waals surface area contributed by atoms with E-state index in [9.17, 15) is 22.8 Å². The number of anilines is 2. The highest BCUT2D eigenvalue weighted by molar-refractivity contribution is 7.10. The zero-order valence-corrected chi connectivity index (χ0v) is 19.0. The van der Waals surface area contributed by atoms with Gasteiger partial charge in [0.25, 0.3) is 0 Å². The van der Waals surface area contributed by atoms with Gasteiger partial charge in [0.15, 0.2) is 0 Å². The van der Waals surface area contributed by atoms with E-state index in [4.69, 9.17) is 0 Å². The molecule has 0 unspecified atom stereocenters. The van der Waals surface area contributed by atoms with E-state index < -0.39 is 30.5 Å². The topological polar surface area (TPSA) is 52.7 Å². The summed E-state index contributed by atoms with van der Waals surface area (Å²) in [4.78, 5) is 30.8. The molecule has 0 radical (unpaired) electrons. The Bertz CT molecular complexity index is 1180. The zero-order chi connectivity index (χ0) is 23.2. The number of hydrogen-bond acceptors (Lipinski definition) is 5. The Morgan fingerprint density at radius 1 is 1.09 bits per heavy atom. The van der Waals surface area contributed by atoms with Crippen LogP contribution in [-0.4, -0.2) is 42.0 Å². The van der Waals surface area contributed by atoms with E-state index in [2.05, 4.69) is 5.32 Å². The number of nitrogens with zero attached hydrogens (tertiary/aromatic N) is 2. The number of benzene rings is 1. The van der Waals surface area contributed by atoms with Crippen LogP contribution in [0.4, 0.5) is 24.5 Å². The highest BCUT2D eigenvalue weighted by atomic mass is 32.1. The zero-order valence-electron chi connectivity index (χ0n) is 17.3. The van der Waals surface area contributed by atoms with Gasteiger partial charge in [-0.05, 0) is 47.0 Å². The quantitative estimate of drug-likeness (QED) is 0.557. The largest absolute Gasteiger partial charge is 0.409 e. The summed E-state index contributed by atoms with van der Waals surface area (Å²) in [6.45, 7) is 0.373. The maximum absolute atomic E-state index is 14.0. The smallest absolute Gasteiger partial charge is 0.324 e. The lowest BCUT2D eigenvalue weighted by Gasteiger charge is -2.38. The number of carbonyl (C=O) groups is 2. The molecule has 2 atom stereocenters. The molecule has 1 N–H and O–H groups in total. The maximum atomic E-state index is 14.0. The van der Waals surface area contributed by atoms with Crippen LogP contribution in [0.3, 0.4) is 0 Å². The number of fused-ring (bicyclic) bond motifs is 2. The van der Waals surface area contributed by atoms with Gasteiger partial charge < -0.3 is 5.32 Å². The van der Waals surface area contributed by atoms with Crippen molar-refractivity contribution < 1.29 is 22.8 Å². The van der Waals surface area contributed by atoms with Crippen molar-refractivity contribution in [1.29, 1.82) is 0 Å². The molecular weight excluding hydrogens is 471 g/mol. The van der Waals surface area contributed by atoms with Crippen LogP contribution >= 0.6 is 22.7 Å². The fourth-order valence-corrected chi connectivity index (χ4v) is 6.34. The summed E-state index contributed by atoms with van der Waals surface area (Å²) in [6.07, 6.45) is -4.85. The van der Waals surface area contributed by atoms with Gasteiger partial charge in [-0.3, -0.25) is 19.4 Å². The maximum Gasteiger partial charge on any atom is 0.409 e. The number of alkyl halides is 3. The monoisotopic (exact) mass is 491 g/mol. The summed E-state index contributed by atoms with van der Waals surface area (Å²) in [5.41, 5.74) is 1.37. The van der Waals surface area contributed by atoms with Gasteiger partial charge in [-0.15, -0.1) is 22.7 Å². The highest BCUT2D eigenvalue weighted by Gasteiger charge is 2.49. The molecule has 172 valence electrons. The van der Waals surface area contributed by atoms with Crippen LogP contribution in [0.2, 0.25) is 0 Å². The van der Waals surface area contributed by atoms with Crippen molar-refractivity contribution in [2.75, 3.05) is 23.3 Å². The molecule has 1 aromatic carbocycles. The van der Waals surface area contributed by atoms with Crippen molar-refractivity contribution in [2.45, 2.75) is 31.1 Å². The second kappa shape index (κ2) is 8.58. The summed E-state index contributed by atoms with van der Waals surface area (Å²) in [6, 6.07) is 9.68. The Morgan fingerprint density at radius 3 is 2.67 bits per heavy atom. The van der Waals surface area contributed by atoms with E-state index in [1.54, 1.807) is 34.8 Å². The van der Waals surface area contributed by atoms with Crippen LogP contribution in [-0.2, 0) is 16.0 Å². The van der Waals surface area contributed by atoms with E-state index >= 15 is 0 Å². The average molecular weight is 492 g/mol. The van der Waals surface area contributed by atoms with Crippen LogP contribution in [0, 0.1) is 0 Å². The Kier molecular flexibility index (Phi) is 5.75. The lowest BCUT2D eigenvalue weighted by Crippen LogP contribution is -2.53. The van der Waals surface area contributed by atoms with Crippen molar-refractivity contribution in [3.63, 3.8) is 0 Å². The van der Waals surface area contributed by atoms with Gasteiger partial charge >= 0.3 is 6.18 Å². The minimum absolute atomic E-state index is 0.0663. The molecule has 0 bridgehead atoms. The van der Waals surface area contributed by atoms with Crippen molar-refractivity contribution in [3.05, 3.63) is 68.5 Å². The van der Waals surface area contributed by atoms with E-state index in [0.717, 1.165) is 21.8 Å². The molecule has 2 amide bonds. The third-order valence-corrected chi connectivity index (χ3v) is 7.91. The van der Waals surface area contributed by atoms with Crippen molar-refractivity contribution >= 4 is 45.9 Å². The van der Waals surface area contributed by atoms with Crippen LogP contribution < -0.4 is 10.2 Å². The minimum Gasteiger partial charge on any atom is -0.324 e. The molecule has 0 saturated heterocycles. The first-order valence-corrected chi connectivity index (χ1v) is 12.2. The van der Waals surface area contributed by atoms with Gasteiger partial charge in [0, 0.05) is 16.3 Å². The van der Waals surface area contributed by atoms with Gasteiger partial charge in [-0.1, -0.05) is 18.2 Å². The van der Waals surface area contributed by atoms with Gasteiger partial charge in [0.1, 0.15) is 6.04 Å². The first-order valence-electron chi connectivity index (χ1n) is 10.4. The normalized spacial score (nSPS) is 21.2. The van der Waals surface area contributed by atoms with Gasteiger partial charge in [-0.25, -0.2) is 0 Å². The molecule has 0 aliphatic carbocycles.